The molecule has 4 unspecified atom stereocenters. The molecule has 3 saturated heterocycles. The number of hydrogen-bond donors (Lipinski definition) is 1. The molecule has 0 radical (unpaired) electrons. The normalized spacial score (nSPS) is 37.9. The first kappa shape index (κ1) is 25.9. The van der Waals surface area contributed by atoms with Crippen LogP contribution in [0, 0.1) is 5.92 Å². The standard InChI is InChI=1S/C26H44N2O6/c1-7-27(8-2)14-13-25(30)15-28(16-25)23(29)33-19-11-12-26(17-32-26)22(21(19)31-6)24(5)20(34-24)10-9-18(3)4/h9,19-22,30H,7-8,10-17H2,1-6H3/t19?,20-,21?,22?,24+,26?/m1/s1. The number of rotatable bonds is 10. The first-order valence-corrected chi connectivity index (χ1v) is 13.0. The third-order valence-corrected chi connectivity index (χ3v) is 8.51. The summed E-state index contributed by atoms with van der Waals surface area (Å²) >= 11 is 0. The lowest BCUT2D eigenvalue weighted by molar-refractivity contribution is -0.138. The van der Waals surface area contributed by atoms with Gasteiger partial charge < -0.3 is 33.9 Å². The smallest absolute Gasteiger partial charge is 0.410 e. The van der Waals surface area contributed by atoms with Crippen LogP contribution < -0.4 is 0 Å². The highest BCUT2D eigenvalue weighted by Gasteiger charge is 2.72. The molecule has 194 valence electrons. The van der Waals surface area contributed by atoms with Crippen molar-refractivity contribution in [2.75, 3.05) is 46.4 Å². The molecule has 8 nitrogen and oxygen atoms in total. The van der Waals surface area contributed by atoms with Crippen molar-refractivity contribution in [2.45, 2.75) is 95.4 Å². The van der Waals surface area contributed by atoms with Crippen molar-refractivity contribution in [3.8, 4) is 0 Å². The molecule has 1 spiro atoms. The minimum absolute atomic E-state index is 0.00880. The van der Waals surface area contributed by atoms with Crippen LogP contribution in [0.3, 0.4) is 0 Å². The molecule has 1 saturated carbocycles. The summed E-state index contributed by atoms with van der Waals surface area (Å²) in [5, 5.41) is 10.8. The minimum atomic E-state index is -0.823. The third kappa shape index (κ3) is 5.03. The van der Waals surface area contributed by atoms with Gasteiger partial charge in [-0.2, -0.15) is 0 Å². The highest BCUT2D eigenvalue weighted by molar-refractivity contribution is 5.69. The molecule has 1 aliphatic carbocycles. The Kier molecular flexibility index (Phi) is 7.38. The maximum atomic E-state index is 12.9. The fourth-order valence-electron chi connectivity index (χ4n) is 6.13. The molecule has 3 aliphatic heterocycles. The molecule has 4 aliphatic rings. The van der Waals surface area contributed by atoms with Gasteiger partial charge in [0.15, 0.2) is 0 Å². The molecule has 0 bridgehead atoms. The zero-order chi connectivity index (χ0) is 24.7. The largest absolute Gasteiger partial charge is 0.443 e. The van der Waals surface area contributed by atoms with Crippen LogP contribution in [-0.2, 0) is 18.9 Å². The molecule has 8 heteroatoms. The van der Waals surface area contributed by atoms with E-state index in [1.54, 1.807) is 12.0 Å². The lowest BCUT2D eigenvalue weighted by Crippen LogP contribution is -2.65. The van der Waals surface area contributed by atoms with Gasteiger partial charge in [-0.25, -0.2) is 4.79 Å². The van der Waals surface area contributed by atoms with Crippen molar-refractivity contribution < 1.29 is 28.8 Å². The van der Waals surface area contributed by atoms with E-state index in [4.69, 9.17) is 18.9 Å². The summed E-state index contributed by atoms with van der Waals surface area (Å²) in [6.07, 6.45) is 4.39. The van der Waals surface area contributed by atoms with Gasteiger partial charge >= 0.3 is 6.09 Å². The van der Waals surface area contributed by atoms with E-state index >= 15 is 0 Å². The molecule has 0 aromatic carbocycles. The van der Waals surface area contributed by atoms with Crippen molar-refractivity contribution in [2.24, 2.45) is 5.92 Å². The van der Waals surface area contributed by atoms with E-state index in [-0.39, 0.29) is 41.5 Å². The Morgan fingerprint density at radius 1 is 1.26 bits per heavy atom. The van der Waals surface area contributed by atoms with Gasteiger partial charge in [-0.3, -0.25) is 0 Å². The van der Waals surface area contributed by atoms with Gasteiger partial charge in [0.2, 0.25) is 0 Å². The zero-order valence-electron chi connectivity index (χ0n) is 21.8. The molecular weight excluding hydrogens is 436 g/mol. The lowest BCUT2D eigenvalue weighted by atomic mass is 9.68. The number of β-amino-alcohol motifs (C(OH)–C–C–N with tert-alkyl or cyclic N) is 1. The van der Waals surface area contributed by atoms with Crippen molar-refractivity contribution in [1.29, 1.82) is 0 Å². The molecule has 3 heterocycles. The minimum Gasteiger partial charge on any atom is -0.443 e. The second kappa shape index (κ2) is 9.69. The van der Waals surface area contributed by atoms with Crippen LogP contribution in [0.15, 0.2) is 11.6 Å². The van der Waals surface area contributed by atoms with Gasteiger partial charge in [0.1, 0.15) is 29.0 Å². The van der Waals surface area contributed by atoms with Crippen LogP contribution in [0.1, 0.15) is 60.3 Å². The molecule has 4 rings (SSSR count). The van der Waals surface area contributed by atoms with Gasteiger partial charge in [0.25, 0.3) is 0 Å². The van der Waals surface area contributed by atoms with E-state index in [9.17, 15) is 9.90 Å². The van der Waals surface area contributed by atoms with E-state index < -0.39 is 5.60 Å². The van der Waals surface area contributed by atoms with Crippen LogP contribution in [-0.4, -0.2) is 103 Å². The molecule has 4 fully saturated rings. The van der Waals surface area contributed by atoms with E-state index in [1.807, 2.05) is 0 Å². The number of ether oxygens (including phenoxy) is 4. The molecule has 1 amide bonds. The highest BCUT2D eigenvalue weighted by Crippen LogP contribution is 2.59. The van der Waals surface area contributed by atoms with Crippen molar-refractivity contribution >= 4 is 6.09 Å². The van der Waals surface area contributed by atoms with Crippen LogP contribution in [0.25, 0.3) is 0 Å². The van der Waals surface area contributed by atoms with E-state index in [0.29, 0.717) is 32.5 Å². The average molecular weight is 481 g/mol. The van der Waals surface area contributed by atoms with Crippen molar-refractivity contribution in [1.82, 2.24) is 9.80 Å². The van der Waals surface area contributed by atoms with Gasteiger partial charge in [-0.1, -0.05) is 25.5 Å². The number of carbonyl (C=O) groups excluding carboxylic acids is 1. The molecule has 0 aromatic rings. The number of carbonyl (C=O) groups is 1. The first-order valence-electron chi connectivity index (χ1n) is 13.0. The topological polar surface area (TPSA) is 87.3 Å². The van der Waals surface area contributed by atoms with Gasteiger partial charge in [0.05, 0.1) is 31.7 Å². The SMILES string of the molecule is CCN(CC)CCC1(O)CN(C(=O)OC2CCC3(CO3)C([C@@]3(C)O[C@@H]3CC=C(C)C)C2OC)C1. The maximum Gasteiger partial charge on any atom is 0.410 e. The van der Waals surface area contributed by atoms with Gasteiger partial charge in [-0.15, -0.1) is 0 Å². The first-order chi connectivity index (χ1) is 16.1. The molecule has 0 aromatic heterocycles. The Bertz CT molecular complexity index is 769. The monoisotopic (exact) mass is 480 g/mol. The third-order valence-electron chi connectivity index (χ3n) is 8.51. The quantitative estimate of drug-likeness (QED) is 0.380. The number of likely N-dealkylation sites (tertiary alicyclic amines) is 1. The Labute approximate surface area is 204 Å². The summed E-state index contributed by atoms with van der Waals surface area (Å²) in [6, 6.07) is 0. The van der Waals surface area contributed by atoms with E-state index in [0.717, 1.165) is 32.5 Å². The number of nitrogens with zero attached hydrogens (tertiary/aromatic N) is 2. The second-order valence-corrected chi connectivity index (χ2v) is 11.2. The number of hydrogen-bond acceptors (Lipinski definition) is 7. The lowest BCUT2D eigenvalue weighted by Gasteiger charge is -2.48. The average Bonchev–Trinajstić information content (AvgIpc) is 3.69. The van der Waals surface area contributed by atoms with Crippen LogP contribution in [0.2, 0.25) is 0 Å². The molecule has 34 heavy (non-hydrogen) atoms. The predicted octanol–water partition coefficient (Wildman–Crippen LogP) is 2.98. The van der Waals surface area contributed by atoms with Gasteiger partial charge in [-0.05, 0) is 59.5 Å². The van der Waals surface area contributed by atoms with E-state index in [1.165, 1.54) is 5.57 Å². The predicted molar refractivity (Wildman–Crippen MR) is 129 cm³/mol. The summed E-state index contributed by atoms with van der Waals surface area (Å²) in [7, 11) is 1.69. The number of allylic oxidation sites excluding steroid dienone is 1. The summed E-state index contributed by atoms with van der Waals surface area (Å²) < 4.78 is 24.2. The summed E-state index contributed by atoms with van der Waals surface area (Å²) in [4.78, 5) is 16.8. The van der Waals surface area contributed by atoms with E-state index in [2.05, 4.69) is 45.6 Å². The number of amides is 1. The van der Waals surface area contributed by atoms with Gasteiger partial charge in [0, 0.05) is 13.7 Å². The van der Waals surface area contributed by atoms with Crippen molar-refractivity contribution in [3.05, 3.63) is 11.6 Å². The summed E-state index contributed by atoms with van der Waals surface area (Å²) in [6.45, 7) is 14.7. The maximum absolute atomic E-state index is 12.9. The van der Waals surface area contributed by atoms with Crippen LogP contribution >= 0.6 is 0 Å². The highest BCUT2D eigenvalue weighted by atomic mass is 16.6. The summed E-state index contributed by atoms with van der Waals surface area (Å²) in [5.74, 6) is 0.00880. The zero-order valence-corrected chi connectivity index (χ0v) is 21.8. The Hall–Kier alpha value is -1.19. The Balaban J connectivity index is 1.35. The fourth-order valence-corrected chi connectivity index (χ4v) is 6.13. The molecular formula is C26H44N2O6. The van der Waals surface area contributed by atoms with Crippen LogP contribution in [0.4, 0.5) is 4.79 Å². The number of epoxide rings is 2. The Morgan fingerprint density at radius 2 is 1.94 bits per heavy atom. The summed E-state index contributed by atoms with van der Waals surface area (Å²) in [5.41, 5.74) is -0.133. The fraction of sp³-hybridized carbons (Fsp3) is 0.885. The molecule has 6 atom stereocenters. The number of aliphatic hydroxyl groups is 1. The van der Waals surface area contributed by atoms with Crippen molar-refractivity contribution in [3.63, 3.8) is 0 Å². The number of methoxy groups -OCH3 is 1. The molecule has 1 N–H and O–H groups in total. The Morgan fingerprint density at radius 3 is 2.50 bits per heavy atom. The van der Waals surface area contributed by atoms with Crippen LogP contribution in [0.5, 0.6) is 0 Å². The second-order valence-electron chi connectivity index (χ2n) is 11.2.